The van der Waals surface area contributed by atoms with Gasteiger partial charge in [-0.3, -0.25) is 9.59 Å². The van der Waals surface area contributed by atoms with Crippen LogP contribution in [-0.4, -0.2) is 54.9 Å². The highest BCUT2D eigenvalue weighted by molar-refractivity contribution is 9.10. The number of amides is 2. The lowest BCUT2D eigenvalue weighted by molar-refractivity contribution is -0.119. The smallest absolute Gasteiger partial charge is 0.234 e. The maximum absolute atomic E-state index is 12.3. The summed E-state index contributed by atoms with van der Waals surface area (Å²) in [6.45, 7) is 0.759. The number of rotatable bonds is 10. The normalized spacial score (nSPS) is 11.9. The summed E-state index contributed by atoms with van der Waals surface area (Å²) < 4.78 is 0.905. The van der Waals surface area contributed by atoms with Gasteiger partial charge < -0.3 is 15.5 Å². The summed E-state index contributed by atoms with van der Waals surface area (Å²) in [5, 5.41) is 5.92. The van der Waals surface area contributed by atoms with Crippen LogP contribution in [0.1, 0.15) is 5.56 Å². The lowest BCUT2D eigenvalue weighted by Crippen LogP contribution is -2.44. The Morgan fingerprint density at radius 1 is 1.04 bits per heavy atom. The molecule has 0 aliphatic rings. The van der Waals surface area contributed by atoms with Crippen molar-refractivity contribution in [3.8, 4) is 0 Å². The van der Waals surface area contributed by atoms with E-state index in [-0.39, 0.29) is 29.4 Å². The van der Waals surface area contributed by atoms with Crippen LogP contribution >= 0.6 is 27.7 Å². The average molecular weight is 464 g/mol. The summed E-state index contributed by atoms with van der Waals surface area (Å²) in [6.07, 6.45) is 0.777. The molecule has 2 aromatic rings. The Morgan fingerprint density at radius 2 is 1.75 bits per heavy atom. The molecule has 1 atom stereocenters. The fourth-order valence-electron chi connectivity index (χ4n) is 2.77. The first kappa shape index (κ1) is 22.5. The highest BCUT2D eigenvalue weighted by atomic mass is 79.9. The molecule has 2 aromatic carbocycles. The second-order valence-electron chi connectivity index (χ2n) is 6.77. The largest absolute Gasteiger partial charge is 0.351 e. The lowest BCUT2D eigenvalue weighted by atomic mass is 10.1. The molecule has 0 saturated heterocycles. The fourth-order valence-corrected chi connectivity index (χ4v) is 3.80. The molecule has 2 rings (SSSR count). The summed E-state index contributed by atoms with van der Waals surface area (Å²) in [5.41, 5.74) is 1.93. The maximum atomic E-state index is 12.3. The minimum absolute atomic E-state index is 0.0287. The van der Waals surface area contributed by atoms with Crippen LogP contribution in [0.4, 0.5) is 5.69 Å². The van der Waals surface area contributed by atoms with E-state index >= 15 is 0 Å². The summed E-state index contributed by atoms with van der Waals surface area (Å²) >= 11 is 4.68. The number of nitrogens with one attached hydrogen (secondary N) is 2. The van der Waals surface area contributed by atoms with Gasteiger partial charge in [-0.15, -0.1) is 11.8 Å². The molecule has 0 aliphatic carbocycles. The second-order valence-corrected chi connectivity index (χ2v) is 8.67. The number of likely N-dealkylation sites (N-methyl/N-ethyl adjacent to an activating group) is 1. The zero-order valence-corrected chi connectivity index (χ0v) is 18.6. The average Bonchev–Trinajstić information content (AvgIpc) is 2.62. The van der Waals surface area contributed by atoms with Gasteiger partial charge in [-0.25, -0.2) is 0 Å². The predicted molar refractivity (Wildman–Crippen MR) is 121 cm³/mol. The van der Waals surface area contributed by atoms with Crippen LogP contribution in [0.15, 0.2) is 59.1 Å². The van der Waals surface area contributed by atoms with Crippen molar-refractivity contribution >= 4 is 45.2 Å². The van der Waals surface area contributed by atoms with Gasteiger partial charge in [-0.2, -0.15) is 0 Å². The summed E-state index contributed by atoms with van der Waals surface area (Å²) in [4.78, 5) is 26.4. The predicted octanol–water partition coefficient (Wildman–Crippen LogP) is 3.41. The van der Waals surface area contributed by atoms with Crippen LogP contribution in [-0.2, 0) is 16.0 Å². The van der Waals surface area contributed by atoms with Crippen LogP contribution < -0.4 is 10.6 Å². The third kappa shape index (κ3) is 8.91. The van der Waals surface area contributed by atoms with Gasteiger partial charge >= 0.3 is 0 Å². The zero-order valence-electron chi connectivity index (χ0n) is 16.2. The Labute approximate surface area is 179 Å². The van der Waals surface area contributed by atoms with Crippen LogP contribution in [0.2, 0.25) is 0 Å². The molecule has 0 saturated carbocycles. The molecule has 150 valence electrons. The molecule has 0 aliphatic heterocycles. The maximum Gasteiger partial charge on any atom is 0.234 e. The minimum atomic E-state index is -0.120. The Hall–Kier alpha value is -1.83. The van der Waals surface area contributed by atoms with Gasteiger partial charge in [-0.05, 0) is 44.3 Å². The lowest BCUT2D eigenvalue weighted by Gasteiger charge is -2.22. The third-order valence-electron chi connectivity index (χ3n) is 3.85. The molecule has 0 spiro atoms. The van der Waals surface area contributed by atoms with Gasteiger partial charge in [0.05, 0.1) is 11.5 Å². The van der Waals surface area contributed by atoms with E-state index in [0.29, 0.717) is 0 Å². The van der Waals surface area contributed by atoms with Gasteiger partial charge in [0, 0.05) is 22.7 Å². The Bertz CT molecular complexity index is 771. The number of hydrogen-bond donors (Lipinski definition) is 2. The molecule has 0 fully saturated rings. The van der Waals surface area contributed by atoms with E-state index in [0.717, 1.165) is 23.1 Å². The molecule has 7 heteroatoms. The first-order valence-electron chi connectivity index (χ1n) is 9.03. The van der Waals surface area contributed by atoms with Crippen LogP contribution in [0, 0.1) is 0 Å². The molecule has 2 N–H and O–H groups in total. The van der Waals surface area contributed by atoms with E-state index in [1.807, 2.05) is 56.6 Å². The highest BCUT2D eigenvalue weighted by Crippen LogP contribution is 2.16. The number of hydrogen-bond acceptors (Lipinski definition) is 4. The summed E-state index contributed by atoms with van der Waals surface area (Å²) in [5.74, 6) is 0.315. The molecule has 0 radical (unpaired) electrons. The Balaban J connectivity index is 1.76. The second kappa shape index (κ2) is 11.9. The molecule has 0 heterocycles. The van der Waals surface area contributed by atoms with Gasteiger partial charge in [0.25, 0.3) is 0 Å². The number of halogens is 1. The van der Waals surface area contributed by atoms with Crippen molar-refractivity contribution in [1.82, 2.24) is 10.2 Å². The Kier molecular flexibility index (Phi) is 9.54. The number of thioether (sulfide) groups is 1. The number of carbonyl (C=O) groups is 2. The van der Waals surface area contributed by atoms with E-state index in [1.165, 1.54) is 17.3 Å². The molecular formula is C21H26BrN3O2S. The van der Waals surface area contributed by atoms with Crippen LogP contribution in [0.25, 0.3) is 0 Å². The third-order valence-corrected chi connectivity index (χ3v) is 5.28. The van der Waals surface area contributed by atoms with Crippen molar-refractivity contribution in [2.75, 3.05) is 37.5 Å². The molecule has 1 unspecified atom stereocenters. The molecule has 2 amide bonds. The van der Waals surface area contributed by atoms with Crippen molar-refractivity contribution in [1.29, 1.82) is 0 Å². The van der Waals surface area contributed by atoms with E-state index < -0.39 is 0 Å². The fraction of sp³-hybridized carbons (Fsp3) is 0.333. The van der Waals surface area contributed by atoms with E-state index in [9.17, 15) is 9.59 Å². The molecule has 5 nitrogen and oxygen atoms in total. The standard InChI is InChI=1S/C21H26BrN3O2S/c1-25(2)13-19(11-16-7-4-3-5-8-16)24-21(27)15-28-14-20(26)23-18-10-6-9-17(22)12-18/h3-10,12,19H,11,13-15H2,1-2H3,(H,23,26)(H,24,27). The van der Waals surface area contributed by atoms with E-state index in [2.05, 4.69) is 43.6 Å². The van der Waals surface area contributed by atoms with Crippen LogP contribution in [0.3, 0.4) is 0 Å². The number of anilines is 1. The zero-order chi connectivity index (χ0) is 20.4. The van der Waals surface area contributed by atoms with Crippen molar-refractivity contribution in [3.05, 3.63) is 64.6 Å². The highest BCUT2D eigenvalue weighted by Gasteiger charge is 2.15. The van der Waals surface area contributed by atoms with Crippen molar-refractivity contribution in [2.45, 2.75) is 12.5 Å². The number of benzene rings is 2. The van der Waals surface area contributed by atoms with Gasteiger partial charge in [0.15, 0.2) is 0 Å². The quantitative estimate of drug-likeness (QED) is 0.566. The molecule has 0 bridgehead atoms. The van der Waals surface area contributed by atoms with Gasteiger partial charge in [0.2, 0.25) is 11.8 Å². The minimum Gasteiger partial charge on any atom is -0.351 e. The molecule has 28 heavy (non-hydrogen) atoms. The van der Waals surface area contributed by atoms with Crippen molar-refractivity contribution in [2.24, 2.45) is 0 Å². The first-order valence-corrected chi connectivity index (χ1v) is 11.0. The monoisotopic (exact) mass is 463 g/mol. The SMILES string of the molecule is CN(C)CC(Cc1ccccc1)NC(=O)CSCC(=O)Nc1cccc(Br)c1. The Morgan fingerprint density at radius 3 is 2.43 bits per heavy atom. The topological polar surface area (TPSA) is 61.4 Å². The van der Waals surface area contributed by atoms with Gasteiger partial charge in [-0.1, -0.05) is 52.3 Å². The van der Waals surface area contributed by atoms with Crippen molar-refractivity contribution in [3.63, 3.8) is 0 Å². The number of nitrogens with zero attached hydrogens (tertiary/aromatic N) is 1. The summed E-state index contributed by atoms with van der Waals surface area (Å²) in [7, 11) is 3.98. The number of carbonyl (C=O) groups excluding carboxylic acids is 2. The molecule has 0 aromatic heterocycles. The van der Waals surface area contributed by atoms with E-state index in [1.54, 1.807) is 0 Å². The molecular weight excluding hydrogens is 438 g/mol. The summed E-state index contributed by atoms with van der Waals surface area (Å²) in [6, 6.07) is 17.6. The first-order chi connectivity index (χ1) is 13.4. The van der Waals surface area contributed by atoms with Gasteiger partial charge in [0.1, 0.15) is 0 Å². The van der Waals surface area contributed by atoms with Crippen LogP contribution in [0.5, 0.6) is 0 Å². The van der Waals surface area contributed by atoms with E-state index in [4.69, 9.17) is 0 Å². The van der Waals surface area contributed by atoms with Crippen molar-refractivity contribution < 1.29 is 9.59 Å².